The Morgan fingerprint density at radius 1 is 1.53 bits per heavy atom. The number of morpholine rings is 1. The molecule has 1 N–H and O–H groups in total. The molecule has 1 aliphatic rings. The highest BCUT2D eigenvalue weighted by atomic mass is 79.9. The summed E-state index contributed by atoms with van der Waals surface area (Å²) < 4.78 is 11.9. The van der Waals surface area contributed by atoms with E-state index >= 15 is 0 Å². The molecule has 0 amide bonds. The van der Waals surface area contributed by atoms with Crippen LogP contribution in [0.1, 0.15) is 5.56 Å². The Kier molecular flexibility index (Phi) is 5.63. The molecule has 1 atom stereocenters. The third kappa shape index (κ3) is 4.45. The lowest BCUT2D eigenvalue weighted by molar-refractivity contribution is -0.0182. The predicted octanol–water partition coefficient (Wildman–Crippen LogP) is 1.88. The molecule has 0 bridgehead atoms. The van der Waals surface area contributed by atoms with Gasteiger partial charge in [0.15, 0.2) is 0 Å². The minimum atomic E-state index is 0.292. The Labute approximate surface area is 123 Å². The number of ether oxygens (including phenoxy) is 2. The summed E-state index contributed by atoms with van der Waals surface area (Å²) in [6.07, 6.45) is 0.292. The molecule has 5 heteroatoms. The van der Waals surface area contributed by atoms with Crippen LogP contribution >= 0.6 is 15.9 Å². The molecule has 0 aromatic heterocycles. The number of hydrogen-bond acceptors (Lipinski definition) is 4. The van der Waals surface area contributed by atoms with Crippen LogP contribution in [-0.4, -0.2) is 51.4 Å². The standard InChI is InChI=1S/C14H21BrN2O2/c1-17-5-6-19-12(10-17)9-16-8-11-3-4-14(18-2)13(15)7-11/h3-4,7,12,16H,5-6,8-10H2,1-2H3/t12-/m0/s1. The van der Waals surface area contributed by atoms with Crippen molar-refractivity contribution < 1.29 is 9.47 Å². The van der Waals surface area contributed by atoms with Crippen LogP contribution in [-0.2, 0) is 11.3 Å². The normalized spacial score (nSPS) is 20.5. The Balaban J connectivity index is 1.77. The van der Waals surface area contributed by atoms with Gasteiger partial charge in [0, 0.05) is 26.2 Å². The maximum atomic E-state index is 5.71. The molecule has 0 spiro atoms. The topological polar surface area (TPSA) is 33.7 Å². The summed E-state index contributed by atoms with van der Waals surface area (Å²) >= 11 is 3.50. The van der Waals surface area contributed by atoms with Crippen LogP contribution in [0.25, 0.3) is 0 Å². The smallest absolute Gasteiger partial charge is 0.133 e. The first-order chi connectivity index (χ1) is 9.19. The van der Waals surface area contributed by atoms with Crippen LogP contribution in [0.2, 0.25) is 0 Å². The van der Waals surface area contributed by atoms with Crippen molar-refractivity contribution in [3.8, 4) is 5.75 Å². The van der Waals surface area contributed by atoms with Gasteiger partial charge in [-0.3, -0.25) is 0 Å². The molecule has 1 heterocycles. The van der Waals surface area contributed by atoms with Crippen molar-refractivity contribution in [3.63, 3.8) is 0 Å². The van der Waals surface area contributed by atoms with Crippen molar-refractivity contribution in [2.45, 2.75) is 12.6 Å². The maximum absolute atomic E-state index is 5.71. The molecular formula is C14H21BrN2O2. The van der Waals surface area contributed by atoms with Crippen LogP contribution in [0, 0.1) is 0 Å². The number of nitrogens with one attached hydrogen (secondary N) is 1. The zero-order chi connectivity index (χ0) is 13.7. The highest BCUT2D eigenvalue weighted by molar-refractivity contribution is 9.10. The van der Waals surface area contributed by atoms with E-state index in [2.05, 4.69) is 45.3 Å². The minimum absolute atomic E-state index is 0.292. The van der Waals surface area contributed by atoms with E-state index in [1.54, 1.807) is 7.11 Å². The van der Waals surface area contributed by atoms with Gasteiger partial charge >= 0.3 is 0 Å². The molecule has 1 fully saturated rings. The average molecular weight is 329 g/mol. The van der Waals surface area contributed by atoms with Crippen molar-refractivity contribution in [1.82, 2.24) is 10.2 Å². The molecule has 19 heavy (non-hydrogen) atoms. The van der Waals surface area contributed by atoms with Gasteiger partial charge < -0.3 is 19.7 Å². The highest BCUT2D eigenvalue weighted by Crippen LogP contribution is 2.25. The number of likely N-dealkylation sites (N-methyl/N-ethyl adjacent to an activating group) is 1. The van der Waals surface area contributed by atoms with E-state index < -0.39 is 0 Å². The monoisotopic (exact) mass is 328 g/mol. The second kappa shape index (κ2) is 7.24. The van der Waals surface area contributed by atoms with Gasteiger partial charge in [0.2, 0.25) is 0 Å². The van der Waals surface area contributed by atoms with Crippen molar-refractivity contribution >= 4 is 15.9 Å². The Morgan fingerprint density at radius 2 is 2.37 bits per heavy atom. The molecule has 0 radical (unpaired) electrons. The van der Waals surface area contributed by atoms with E-state index in [0.29, 0.717) is 6.10 Å². The molecule has 2 rings (SSSR count). The lowest BCUT2D eigenvalue weighted by Crippen LogP contribution is -2.44. The fourth-order valence-electron chi connectivity index (χ4n) is 2.19. The molecule has 1 aromatic carbocycles. The zero-order valence-electron chi connectivity index (χ0n) is 11.5. The molecule has 106 valence electrons. The van der Waals surface area contributed by atoms with Crippen molar-refractivity contribution in [1.29, 1.82) is 0 Å². The SMILES string of the molecule is COc1ccc(CNC[C@H]2CN(C)CCO2)cc1Br. The third-order valence-electron chi connectivity index (χ3n) is 3.26. The van der Waals surface area contributed by atoms with Gasteiger partial charge in [-0.25, -0.2) is 0 Å². The van der Waals surface area contributed by atoms with Crippen LogP contribution in [0.3, 0.4) is 0 Å². The second-order valence-corrected chi connectivity index (χ2v) is 5.71. The summed E-state index contributed by atoms with van der Waals surface area (Å²) in [5.74, 6) is 0.862. The van der Waals surface area contributed by atoms with Crippen molar-refractivity contribution in [2.75, 3.05) is 40.4 Å². The Hall–Kier alpha value is -0.620. The summed E-state index contributed by atoms with van der Waals surface area (Å²) in [5, 5.41) is 3.44. The molecule has 4 nitrogen and oxygen atoms in total. The van der Waals surface area contributed by atoms with Gasteiger partial charge in [-0.15, -0.1) is 0 Å². The summed E-state index contributed by atoms with van der Waals surface area (Å²) in [6.45, 7) is 4.58. The van der Waals surface area contributed by atoms with Gasteiger partial charge in [0.1, 0.15) is 5.75 Å². The Bertz CT molecular complexity index is 414. The molecule has 1 saturated heterocycles. The van der Waals surface area contributed by atoms with Crippen LogP contribution in [0.4, 0.5) is 0 Å². The first kappa shape index (κ1) is 14.8. The third-order valence-corrected chi connectivity index (χ3v) is 3.88. The van der Waals surface area contributed by atoms with Crippen LogP contribution < -0.4 is 10.1 Å². The fourth-order valence-corrected chi connectivity index (χ4v) is 2.78. The molecule has 1 aromatic rings. The number of nitrogens with zero attached hydrogens (tertiary/aromatic N) is 1. The largest absolute Gasteiger partial charge is 0.496 e. The van der Waals surface area contributed by atoms with E-state index in [-0.39, 0.29) is 0 Å². The number of hydrogen-bond donors (Lipinski definition) is 1. The molecule has 0 aliphatic carbocycles. The van der Waals surface area contributed by atoms with Gasteiger partial charge in [-0.05, 0) is 40.7 Å². The lowest BCUT2D eigenvalue weighted by Gasteiger charge is -2.30. The van der Waals surface area contributed by atoms with Crippen LogP contribution in [0.15, 0.2) is 22.7 Å². The molecule has 1 aliphatic heterocycles. The predicted molar refractivity (Wildman–Crippen MR) is 79.6 cm³/mol. The van der Waals surface area contributed by atoms with Gasteiger partial charge in [-0.2, -0.15) is 0 Å². The first-order valence-electron chi connectivity index (χ1n) is 6.52. The van der Waals surface area contributed by atoms with Gasteiger partial charge in [-0.1, -0.05) is 6.07 Å². The second-order valence-electron chi connectivity index (χ2n) is 4.85. The van der Waals surface area contributed by atoms with Crippen molar-refractivity contribution in [2.24, 2.45) is 0 Å². The van der Waals surface area contributed by atoms with E-state index in [1.807, 2.05) is 6.07 Å². The highest BCUT2D eigenvalue weighted by Gasteiger charge is 2.16. The van der Waals surface area contributed by atoms with E-state index in [4.69, 9.17) is 9.47 Å². The lowest BCUT2D eigenvalue weighted by atomic mass is 10.2. The van der Waals surface area contributed by atoms with Gasteiger partial charge in [0.25, 0.3) is 0 Å². The average Bonchev–Trinajstić information content (AvgIpc) is 2.39. The van der Waals surface area contributed by atoms with Crippen LogP contribution in [0.5, 0.6) is 5.75 Å². The van der Waals surface area contributed by atoms with E-state index in [9.17, 15) is 0 Å². The number of methoxy groups -OCH3 is 1. The molecular weight excluding hydrogens is 308 g/mol. The quantitative estimate of drug-likeness (QED) is 0.894. The number of rotatable bonds is 5. The Morgan fingerprint density at radius 3 is 3.05 bits per heavy atom. The van der Waals surface area contributed by atoms with Crippen molar-refractivity contribution in [3.05, 3.63) is 28.2 Å². The summed E-state index contributed by atoms with van der Waals surface area (Å²) in [7, 11) is 3.81. The fraction of sp³-hybridized carbons (Fsp3) is 0.571. The van der Waals surface area contributed by atoms with E-state index in [1.165, 1.54) is 5.56 Å². The molecule has 0 unspecified atom stereocenters. The summed E-state index contributed by atoms with van der Waals surface area (Å²) in [4.78, 5) is 2.31. The summed E-state index contributed by atoms with van der Waals surface area (Å²) in [6, 6.07) is 6.14. The number of benzene rings is 1. The first-order valence-corrected chi connectivity index (χ1v) is 7.31. The number of halogens is 1. The summed E-state index contributed by atoms with van der Waals surface area (Å²) in [5.41, 5.74) is 1.23. The van der Waals surface area contributed by atoms with E-state index in [0.717, 1.165) is 43.0 Å². The molecule has 0 saturated carbocycles. The maximum Gasteiger partial charge on any atom is 0.133 e. The van der Waals surface area contributed by atoms with Gasteiger partial charge in [0.05, 0.1) is 24.3 Å². The minimum Gasteiger partial charge on any atom is -0.496 e. The zero-order valence-corrected chi connectivity index (χ0v) is 13.1.